The van der Waals surface area contributed by atoms with Crippen LogP contribution in [-0.2, 0) is 10.0 Å². The number of fused-ring (bicyclic) bond motifs is 1. The highest BCUT2D eigenvalue weighted by atomic mass is 32.2. The number of nitrogens with one attached hydrogen (secondary N) is 2. The maximum atomic E-state index is 12.8. The Hall–Kier alpha value is -2.74. The molecule has 160 valence electrons. The van der Waals surface area contributed by atoms with Crippen LogP contribution >= 0.6 is 0 Å². The molecule has 0 atom stereocenters. The van der Waals surface area contributed by atoms with Gasteiger partial charge in [0.2, 0.25) is 0 Å². The van der Waals surface area contributed by atoms with Crippen molar-refractivity contribution < 1.29 is 22.7 Å². The first-order chi connectivity index (χ1) is 14.5. The Morgan fingerprint density at radius 2 is 1.57 bits per heavy atom. The molecule has 8 heteroatoms. The van der Waals surface area contributed by atoms with Gasteiger partial charge >= 0.3 is 0 Å². The third kappa shape index (κ3) is 4.87. The second-order valence-electron chi connectivity index (χ2n) is 7.65. The second kappa shape index (κ2) is 8.95. The first-order valence-electron chi connectivity index (χ1n) is 10.3. The maximum absolute atomic E-state index is 12.8. The van der Waals surface area contributed by atoms with Crippen molar-refractivity contribution in [2.45, 2.75) is 49.5 Å². The monoisotopic (exact) mass is 430 g/mol. The molecule has 0 spiro atoms. The van der Waals surface area contributed by atoms with Gasteiger partial charge in [-0.3, -0.25) is 9.52 Å². The third-order valence-corrected chi connectivity index (χ3v) is 6.75. The van der Waals surface area contributed by atoms with E-state index in [2.05, 4.69) is 10.0 Å². The van der Waals surface area contributed by atoms with Gasteiger partial charge in [0.25, 0.3) is 15.9 Å². The van der Waals surface area contributed by atoms with E-state index in [1.165, 1.54) is 18.6 Å². The van der Waals surface area contributed by atoms with E-state index in [-0.39, 0.29) is 16.8 Å². The zero-order valence-electron chi connectivity index (χ0n) is 16.7. The standard InChI is InChI=1S/C22H26N2O5S/c25-22(23-17-5-2-1-3-6-17)16-7-9-18(10-8-16)24-30(26,27)19-11-12-20-21(15-19)29-14-4-13-28-20/h7-12,15,17,24H,1-6,13-14H2,(H,23,25). The minimum atomic E-state index is -3.80. The fraction of sp³-hybridized carbons (Fsp3) is 0.409. The van der Waals surface area contributed by atoms with Gasteiger partial charge in [0, 0.05) is 29.8 Å². The maximum Gasteiger partial charge on any atom is 0.262 e. The van der Waals surface area contributed by atoms with E-state index in [1.807, 2.05) is 0 Å². The summed E-state index contributed by atoms with van der Waals surface area (Å²) in [4.78, 5) is 12.5. The van der Waals surface area contributed by atoms with Gasteiger partial charge in [0.1, 0.15) is 0 Å². The fourth-order valence-electron chi connectivity index (χ4n) is 3.73. The van der Waals surface area contributed by atoms with Crippen molar-refractivity contribution in [2.24, 2.45) is 0 Å². The largest absolute Gasteiger partial charge is 0.490 e. The van der Waals surface area contributed by atoms with Gasteiger partial charge in [-0.05, 0) is 49.2 Å². The molecule has 0 radical (unpaired) electrons. The Morgan fingerprint density at radius 1 is 0.867 bits per heavy atom. The number of rotatable bonds is 5. The van der Waals surface area contributed by atoms with Crippen LogP contribution in [0.3, 0.4) is 0 Å². The molecule has 2 N–H and O–H groups in total. The Balaban J connectivity index is 1.43. The predicted molar refractivity (Wildman–Crippen MR) is 114 cm³/mol. The van der Waals surface area contributed by atoms with E-state index in [9.17, 15) is 13.2 Å². The zero-order chi connectivity index (χ0) is 21.0. The molecule has 2 aliphatic rings. The zero-order valence-corrected chi connectivity index (χ0v) is 17.5. The van der Waals surface area contributed by atoms with Crippen LogP contribution in [-0.4, -0.2) is 33.6 Å². The lowest BCUT2D eigenvalue weighted by molar-refractivity contribution is 0.0927. The van der Waals surface area contributed by atoms with E-state index in [4.69, 9.17) is 9.47 Å². The van der Waals surface area contributed by atoms with Crippen molar-refractivity contribution in [1.29, 1.82) is 0 Å². The predicted octanol–water partition coefficient (Wildman–Crippen LogP) is 3.71. The molecule has 1 saturated carbocycles. The summed E-state index contributed by atoms with van der Waals surface area (Å²) in [5, 5.41) is 3.06. The Bertz CT molecular complexity index is 999. The molecule has 2 aromatic carbocycles. The molecule has 0 bridgehead atoms. The highest BCUT2D eigenvalue weighted by Gasteiger charge is 2.20. The van der Waals surface area contributed by atoms with E-state index in [0.29, 0.717) is 36.0 Å². The van der Waals surface area contributed by atoms with Crippen LogP contribution in [0.5, 0.6) is 11.5 Å². The normalized spacial score (nSPS) is 17.1. The first kappa shape index (κ1) is 20.5. The average Bonchev–Trinajstić information content (AvgIpc) is 2.99. The molecule has 2 aromatic rings. The van der Waals surface area contributed by atoms with Gasteiger partial charge in [-0.2, -0.15) is 0 Å². The minimum Gasteiger partial charge on any atom is -0.490 e. The lowest BCUT2D eigenvalue weighted by Gasteiger charge is -2.22. The van der Waals surface area contributed by atoms with Crippen LogP contribution in [0.25, 0.3) is 0 Å². The van der Waals surface area contributed by atoms with Gasteiger partial charge in [0.05, 0.1) is 18.1 Å². The number of hydrogen-bond acceptors (Lipinski definition) is 5. The lowest BCUT2D eigenvalue weighted by Crippen LogP contribution is -2.36. The smallest absolute Gasteiger partial charge is 0.262 e. The van der Waals surface area contributed by atoms with E-state index in [1.54, 1.807) is 30.3 Å². The van der Waals surface area contributed by atoms with Gasteiger partial charge in [-0.1, -0.05) is 19.3 Å². The molecule has 1 aliphatic heterocycles. The summed E-state index contributed by atoms with van der Waals surface area (Å²) in [5.74, 6) is 0.837. The Morgan fingerprint density at radius 3 is 2.30 bits per heavy atom. The van der Waals surface area contributed by atoms with Gasteiger partial charge < -0.3 is 14.8 Å². The number of anilines is 1. The van der Waals surface area contributed by atoms with Crippen molar-refractivity contribution in [3.05, 3.63) is 48.0 Å². The summed E-state index contributed by atoms with van der Waals surface area (Å²) in [6, 6.07) is 11.2. The van der Waals surface area contributed by atoms with Crippen molar-refractivity contribution in [3.8, 4) is 11.5 Å². The van der Waals surface area contributed by atoms with Crippen LogP contribution in [0.1, 0.15) is 48.9 Å². The Labute approximate surface area is 176 Å². The van der Waals surface area contributed by atoms with Crippen LogP contribution < -0.4 is 19.5 Å². The van der Waals surface area contributed by atoms with Gasteiger partial charge in [-0.25, -0.2) is 8.42 Å². The highest BCUT2D eigenvalue weighted by Crippen LogP contribution is 2.32. The van der Waals surface area contributed by atoms with Crippen molar-refractivity contribution in [3.63, 3.8) is 0 Å². The number of hydrogen-bond donors (Lipinski definition) is 2. The summed E-state index contributed by atoms with van der Waals surface area (Å²) < 4.78 is 39.2. The number of carbonyl (C=O) groups is 1. The lowest BCUT2D eigenvalue weighted by atomic mass is 9.95. The molecule has 1 heterocycles. The summed E-state index contributed by atoms with van der Waals surface area (Å²) in [5.41, 5.74) is 0.899. The van der Waals surface area contributed by atoms with Crippen LogP contribution in [0.4, 0.5) is 5.69 Å². The van der Waals surface area contributed by atoms with E-state index in [0.717, 1.165) is 32.1 Å². The SMILES string of the molecule is O=C(NC1CCCCC1)c1ccc(NS(=O)(=O)c2ccc3c(c2)OCCCO3)cc1. The van der Waals surface area contributed by atoms with E-state index >= 15 is 0 Å². The van der Waals surface area contributed by atoms with Crippen LogP contribution in [0, 0.1) is 0 Å². The third-order valence-electron chi connectivity index (χ3n) is 5.37. The van der Waals surface area contributed by atoms with Crippen molar-refractivity contribution in [1.82, 2.24) is 5.32 Å². The molecule has 7 nitrogen and oxygen atoms in total. The second-order valence-corrected chi connectivity index (χ2v) is 9.33. The van der Waals surface area contributed by atoms with Gasteiger partial charge in [0.15, 0.2) is 11.5 Å². The van der Waals surface area contributed by atoms with Crippen LogP contribution in [0.15, 0.2) is 47.4 Å². The summed E-state index contributed by atoms with van der Waals surface area (Å²) in [7, 11) is -3.80. The molecule has 1 aliphatic carbocycles. The topological polar surface area (TPSA) is 93.7 Å². The number of benzene rings is 2. The number of carbonyl (C=O) groups excluding carboxylic acids is 1. The first-order valence-corrected chi connectivity index (χ1v) is 11.8. The molecule has 0 unspecified atom stereocenters. The van der Waals surface area contributed by atoms with Crippen molar-refractivity contribution in [2.75, 3.05) is 17.9 Å². The Kier molecular flexibility index (Phi) is 6.13. The van der Waals surface area contributed by atoms with Gasteiger partial charge in [-0.15, -0.1) is 0 Å². The molecule has 0 saturated heterocycles. The quantitative estimate of drug-likeness (QED) is 0.754. The number of amides is 1. The average molecular weight is 431 g/mol. The molecule has 30 heavy (non-hydrogen) atoms. The molecule has 4 rings (SSSR count). The summed E-state index contributed by atoms with van der Waals surface area (Å²) in [6.07, 6.45) is 6.29. The summed E-state index contributed by atoms with van der Waals surface area (Å²) in [6.45, 7) is 1.02. The summed E-state index contributed by atoms with van der Waals surface area (Å²) >= 11 is 0. The highest BCUT2D eigenvalue weighted by molar-refractivity contribution is 7.92. The molecular formula is C22H26N2O5S. The molecule has 1 amide bonds. The minimum absolute atomic E-state index is 0.0888. The molecule has 1 fully saturated rings. The molecular weight excluding hydrogens is 404 g/mol. The molecule has 0 aromatic heterocycles. The van der Waals surface area contributed by atoms with Crippen LogP contribution in [0.2, 0.25) is 0 Å². The van der Waals surface area contributed by atoms with Crippen molar-refractivity contribution >= 4 is 21.6 Å². The number of ether oxygens (including phenoxy) is 2. The van der Waals surface area contributed by atoms with E-state index < -0.39 is 10.0 Å². The fourth-order valence-corrected chi connectivity index (χ4v) is 4.80. The number of sulfonamides is 1.